The summed E-state index contributed by atoms with van der Waals surface area (Å²) in [5, 5.41) is 16.2. The van der Waals surface area contributed by atoms with E-state index in [1.54, 1.807) is 12.3 Å². The predicted octanol–water partition coefficient (Wildman–Crippen LogP) is 6.74. The number of nitrogens with one attached hydrogen (secondary N) is 1. The van der Waals surface area contributed by atoms with Gasteiger partial charge < -0.3 is 10.0 Å². The molecule has 2 aromatic carbocycles. The fourth-order valence-electron chi connectivity index (χ4n) is 7.70. The first-order valence-corrected chi connectivity index (χ1v) is 14.9. The number of amides is 1. The van der Waals surface area contributed by atoms with Crippen LogP contribution < -0.4 is 0 Å². The van der Waals surface area contributed by atoms with E-state index in [1.807, 2.05) is 35.4 Å². The molecule has 2 aliphatic carbocycles. The monoisotopic (exact) mass is 597 g/mol. The molecule has 2 heterocycles. The molecule has 6 nitrogen and oxygen atoms in total. The number of hydrogen-bond donors (Lipinski definition) is 2. The minimum Gasteiger partial charge on any atom is -0.481 e. The van der Waals surface area contributed by atoms with Gasteiger partial charge in [-0.1, -0.05) is 42.5 Å². The maximum absolute atomic E-state index is 15.0. The largest absolute Gasteiger partial charge is 0.481 e. The number of aromatic amines is 1. The molecule has 1 saturated carbocycles. The van der Waals surface area contributed by atoms with E-state index in [0.717, 1.165) is 22.3 Å². The Balaban J connectivity index is 1.34. The van der Waals surface area contributed by atoms with Crippen LogP contribution in [0.4, 0.5) is 17.6 Å². The second-order valence-corrected chi connectivity index (χ2v) is 12.6. The van der Waals surface area contributed by atoms with Crippen LogP contribution in [-0.2, 0) is 33.5 Å². The van der Waals surface area contributed by atoms with E-state index in [9.17, 15) is 32.3 Å². The van der Waals surface area contributed by atoms with Gasteiger partial charge in [-0.2, -0.15) is 18.3 Å². The highest BCUT2D eigenvalue weighted by molar-refractivity contribution is 5.81. The fraction of sp³-hybridized carbons (Fsp3) is 0.485. The molecule has 1 amide bonds. The third kappa shape index (κ3) is 5.12. The van der Waals surface area contributed by atoms with E-state index in [0.29, 0.717) is 70.4 Å². The molecule has 1 aromatic heterocycles. The number of aliphatic carboxylic acids is 1. The standard InChI is InChI=1S/C33H35F4N3O3/c1-31(34,33(35,36)37)26-11-12-27-24(16-26)10-13-28-32(27,17-20-2-4-21(5-3-20)25-18-38-39-19-25)14-15-40(28)29(41)22-6-8-23(9-7-22)30(42)43/h2-5,11-12,16,18-19,22-23,28H,6-10,13-15,17H2,1H3,(H,38,39)(H,42,43)/t22-,23-,28?,31?,32?. The molecule has 228 valence electrons. The second kappa shape index (κ2) is 10.8. The SMILES string of the molecule is CC(F)(c1ccc2c(c1)CCC1N(C(=O)[C@H]3CC[C@H](C(=O)O)CC3)CCC21Cc1ccc(-c2cn[nH]c2)cc1)C(F)(F)F. The van der Waals surface area contributed by atoms with Crippen molar-refractivity contribution in [1.29, 1.82) is 0 Å². The second-order valence-electron chi connectivity index (χ2n) is 12.6. The molecule has 0 bridgehead atoms. The molecule has 1 saturated heterocycles. The Hall–Kier alpha value is -3.69. The van der Waals surface area contributed by atoms with E-state index in [4.69, 9.17) is 0 Å². The van der Waals surface area contributed by atoms with Crippen LogP contribution in [0.1, 0.15) is 67.7 Å². The highest BCUT2D eigenvalue weighted by Gasteiger charge is 2.56. The lowest BCUT2D eigenvalue weighted by molar-refractivity contribution is -0.228. The van der Waals surface area contributed by atoms with Gasteiger partial charge in [0.2, 0.25) is 11.6 Å². The summed E-state index contributed by atoms with van der Waals surface area (Å²) in [6.07, 6.45) is 2.76. The molecule has 0 radical (unpaired) electrons. The average molecular weight is 598 g/mol. The number of nitrogens with zero attached hydrogens (tertiary/aromatic N) is 2. The molecular formula is C33H35F4N3O3. The summed E-state index contributed by atoms with van der Waals surface area (Å²) in [6, 6.07) is 12.2. The molecule has 6 rings (SSSR count). The number of carboxylic acid groups (broad SMARTS) is 1. The highest BCUT2D eigenvalue weighted by atomic mass is 19.4. The van der Waals surface area contributed by atoms with Crippen LogP contribution in [0.25, 0.3) is 11.1 Å². The van der Waals surface area contributed by atoms with E-state index in [1.165, 1.54) is 12.1 Å². The van der Waals surface area contributed by atoms with Crippen molar-refractivity contribution in [3.05, 3.63) is 77.1 Å². The first-order chi connectivity index (χ1) is 20.4. The quantitative estimate of drug-likeness (QED) is 0.308. The first-order valence-electron chi connectivity index (χ1n) is 14.9. The summed E-state index contributed by atoms with van der Waals surface area (Å²) in [4.78, 5) is 27.3. The van der Waals surface area contributed by atoms with Gasteiger partial charge in [-0.25, -0.2) is 4.39 Å². The molecule has 2 fully saturated rings. The van der Waals surface area contributed by atoms with Gasteiger partial charge in [0.1, 0.15) is 0 Å². The minimum absolute atomic E-state index is 0.0412. The Labute approximate surface area is 247 Å². The lowest BCUT2D eigenvalue weighted by Crippen LogP contribution is -2.51. The number of alkyl halides is 4. The van der Waals surface area contributed by atoms with Crippen LogP contribution >= 0.6 is 0 Å². The van der Waals surface area contributed by atoms with Crippen LogP contribution in [0.15, 0.2) is 54.9 Å². The Morgan fingerprint density at radius 1 is 1.00 bits per heavy atom. The van der Waals surface area contributed by atoms with Crippen LogP contribution in [0.5, 0.6) is 0 Å². The number of fused-ring (bicyclic) bond motifs is 3. The van der Waals surface area contributed by atoms with E-state index in [2.05, 4.69) is 10.2 Å². The molecule has 0 spiro atoms. The van der Waals surface area contributed by atoms with Gasteiger partial charge in [0.15, 0.2) is 0 Å². The number of carbonyl (C=O) groups is 2. The Morgan fingerprint density at radius 3 is 2.33 bits per heavy atom. The normalized spacial score (nSPS) is 26.8. The van der Waals surface area contributed by atoms with Crippen LogP contribution in [0.3, 0.4) is 0 Å². The van der Waals surface area contributed by atoms with E-state index >= 15 is 0 Å². The smallest absolute Gasteiger partial charge is 0.426 e. The van der Waals surface area contributed by atoms with Crippen LogP contribution in [-0.4, -0.2) is 50.8 Å². The number of hydrogen-bond acceptors (Lipinski definition) is 3. The van der Waals surface area contributed by atoms with Crippen LogP contribution in [0, 0.1) is 11.8 Å². The molecule has 43 heavy (non-hydrogen) atoms. The molecule has 10 heteroatoms. The molecule has 3 aliphatic rings. The molecule has 1 aliphatic heterocycles. The Morgan fingerprint density at radius 2 is 1.70 bits per heavy atom. The van der Waals surface area contributed by atoms with Gasteiger partial charge in [-0.3, -0.25) is 14.7 Å². The molecule has 3 atom stereocenters. The lowest BCUT2D eigenvalue weighted by atomic mass is 9.63. The van der Waals surface area contributed by atoms with Crippen molar-refractivity contribution in [2.75, 3.05) is 6.54 Å². The number of H-pyrrole nitrogens is 1. The zero-order valence-electron chi connectivity index (χ0n) is 24.0. The van der Waals surface area contributed by atoms with Gasteiger partial charge in [0.05, 0.1) is 12.1 Å². The number of aryl methyl sites for hydroxylation is 1. The molecule has 3 aromatic rings. The fourth-order valence-corrected chi connectivity index (χ4v) is 7.70. The molecule has 3 unspecified atom stereocenters. The maximum Gasteiger partial charge on any atom is 0.426 e. The number of rotatable bonds is 6. The zero-order chi connectivity index (χ0) is 30.6. The predicted molar refractivity (Wildman–Crippen MR) is 152 cm³/mol. The first kappa shape index (κ1) is 29.4. The summed E-state index contributed by atoms with van der Waals surface area (Å²) < 4.78 is 55.8. The van der Waals surface area contributed by atoms with E-state index < -0.39 is 34.7 Å². The van der Waals surface area contributed by atoms with Gasteiger partial charge in [-0.15, -0.1) is 0 Å². The van der Waals surface area contributed by atoms with Crippen molar-refractivity contribution in [3.63, 3.8) is 0 Å². The van der Waals surface area contributed by atoms with Crippen molar-refractivity contribution in [2.24, 2.45) is 11.8 Å². The van der Waals surface area contributed by atoms with Crippen molar-refractivity contribution in [3.8, 4) is 11.1 Å². The third-order valence-corrected chi connectivity index (χ3v) is 10.2. The Bertz CT molecular complexity index is 1490. The number of likely N-dealkylation sites (tertiary alicyclic amines) is 1. The van der Waals surface area contributed by atoms with Gasteiger partial charge >= 0.3 is 12.1 Å². The van der Waals surface area contributed by atoms with E-state index in [-0.39, 0.29) is 17.9 Å². The molecule has 2 N–H and O–H groups in total. The number of benzene rings is 2. The topological polar surface area (TPSA) is 86.3 Å². The zero-order valence-corrected chi connectivity index (χ0v) is 24.0. The highest BCUT2D eigenvalue weighted by Crippen LogP contribution is 2.51. The van der Waals surface area contributed by atoms with Gasteiger partial charge in [-0.05, 0) is 86.1 Å². The summed E-state index contributed by atoms with van der Waals surface area (Å²) >= 11 is 0. The van der Waals surface area contributed by atoms with Gasteiger partial charge in [0.25, 0.3) is 0 Å². The maximum atomic E-state index is 15.0. The van der Waals surface area contributed by atoms with Crippen molar-refractivity contribution in [2.45, 2.75) is 81.6 Å². The van der Waals surface area contributed by atoms with Crippen molar-refractivity contribution >= 4 is 11.9 Å². The number of carboxylic acids is 1. The number of carbonyl (C=O) groups excluding carboxylic acids is 1. The van der Waals surface area contributed by atoms with Crippen molar-refractivity contribution < 1.29 is 32.3 Å². The summed E-state index contributed by atoms with van der Waals surface area (Å²) in [6.45, 7) is 1.08. The summed E-state index contributed by atoms with van der Waals surface area (Å²) in [7, 11) is 0. The van der Waals surface area contributed by atoms with Crippen LogP contribution in [0.2, 0.25) is 0 Å². The lowest BCUT2D eigenvalue weighted by Gasteiger charge is -2.45. The molecular weight excluding hydrogens is 562 g/mol. The number of aromatic nitrogens is 2. The Kier molecular flexibility index (Phi) is 7.37. The van der Waals surface area contributed by atoms with Gasteiger partial charge in [0, 0.05) is 35.7 Å². The summed E-state index contributed by atoms with van der Waals surface area (Å²) in [5.41, 5.74) is 0.155. The average Bonchev–Trinajstić information content (AvgIpc) is 3.65. The number of halogens is 4. The van der Waals surface area contributed by atoms with Crippen molar-refractivity contribution in [1.82, 2.24) is 15.1 Å². The summed E-state index contributed by atoms with van der Waals surface area (Å²) in [5.74, 6) is -1.42. The minimum atomic E-state index is -5.04. The third-order valence-electron chi connectivity index (χ3n) is 10.2.